The first-order valence-corrected chi connectivity index (χ1v) is 10.9. The Kier molecular flexibility index (Phi) is 7.05. The zero-order valence-electron chi connectivity index (χ0n) is 18.2. The molecule has 2 aromatic rings. The number of Topliss-reactive ketones (excluding diaryl/α,β-unsaturated/α-hetero) is 1. The van der Waals surface area contributed by atoms with E-state index in [1.54, 1.807) is 44.5 Å². The number of ether oxygens (including phenoxy) is 1. The van der Waals surface area contributed by atoms with Crippen molar-refractivity contribution in [3.05, 3.63) is 65.0 Å². The van der Waals surface area contributed by atoms with Crippen molar-refractivity contribution in [1.82, 2.24) is 8.87 Å². The molecule has 30 heavy (non-hydrogen) atoms. The highest BCUT2D eigenvalue weighted by atomic mass is 32.2. The second kappa shape index (κ2) is 8.97. The lowest BCUT2D eigenvalue weighted by Gasteiger charge is -2.26. The number of benzene rings is 1. The van der Waals surface area contributed by atoms with Crippen LogP contribution >= 0.6 is 0 Å². The van der Waals surface area contributed by atoms with Crippen molar-refractivity contribution in [3.63, 3.8) is 0 Å². The first kappa shape index (κ1) is 23.6. The molecule has 1 unspecified atom stereocenters. The van der Waals surface area contributed by atoms with Crippen LogP contribution in [0.5, 0.6) is 0 Å². The average Bonchev–Trinajstić information content (AvgIpc) is 2.93. The van der Waals surface area contributed by atoms with Gasteiger partial charge in [0.05, 0.1) is 18.0 Å². The standard InChI is InChI=1S/C22H28N2O5S/c1-8-13-24(30(27,28)18-11-9-14(2)10-12-18)17(5)21(25)19-15(3)20(22(26)29-7)23(6)16(19)4/h8-12,17H,1,13H2,2-7H3. The van der Waals surface area contributed by atoms with Gasteiger partial charge in [-0.15, -0.1) is 6.58 Å². The van der Waals surface area contributed by atoms with Crippen LogP contribution in [0.3, 0.4) is 0 Å². The van der Waals surface area contributed by atoms with Crippen LogP contribution in [-0.4, -0.2) is 48.7 Å². The summed E-state index contributed by atoms with van der Waals surface area (Å²) in [6, 6.07) is 5.46. The fourth-order valence-corrected chi connectivity index (χ4v) is 5.07. The molecule has 0 saturated carbocycles. The van der Waals surface area contributed by atoms with Crippen molar-refractivity contribution in [2.24, 2.45) is 7.05 Å². The highest BCUT2D eigenvalue weighted by Crippen LogP contribution is 2.27. The molecule has 1 heterocycles. The van der Waals surface area contributed by atoms with Crippen LogP contribution < -0.4 is 0 Å². The minimum atomic E-state index is -3.94. The summed E-state index contributed by atoms with van der Waals surface area (Å²) in [6.45, 7) is 10.4. The summed E-state index contributed by atoms with van der Waals surface area (Å²) >= 11 is 0. The van der Waals surface area contributed by atoms with E-state index in [4.69, 9.17) is 4.74 Å². The number of carbonyl (C=O) groups excluding carboxylic acids is 2. The van der Waals surface area contributed by atoms with Crippen molar-refractivity contribution in [2.45, 2.75) is 38.6 Å². The maximum Gasteiger partial charge on any atom is 0.354 e. The maximum absolute atomic E-state index is 13.4. The second-order valence-corrected chi connectivity index (χ2v) is 9.09. The number of carbonyl (C=O) groups is 2. The zero-order chi connectivity index (χ0) is 22.8. The number of ketones is 1. The average molecular weight is 433 g/mol. The number of rotatable bonds is 8. The SMILES string of the molecule is C=CCN(C(C)C(=O)c1c(C)c(C(=O)OC)n(C)c1C)S(=O)(=O)c1ccc(C)cc1. The van der Waals surface area contributed by atoms with E-state index in [2.05, 4.69) is 6.58 Å². The lowest BCUT2D eigenvalue weighted by Crippen LogP contribution is -2.43. The lowest BCUT2D eigenvalue weighted by molar-refractivity contribution is 0.0588. The molecule has 0 spiro atoms. The Hall–Kier alpha value is -2.71. The van der Waals surface area contributed by atoms with E-state index in [0.717, 1.165) is 9.87 Å². The van der Waals surface area contributed by atoms with Crippen LogP contribution in [0, 0.1) is 20.8 Å². The predicted molar refractivity (Wildman–Crippen MR) is 115 cm³/mol. The smallest absolute Gasteiger partial charge is 0.354 e. The summed E-state index contributed by atoms with van der Waals surface area (Å²) in [5, 5.41) is 0. The first-order chi connectivity index (χ1) is 14.0. The number of sulfonamides is 1. The van der Waals surface area contributed by atoms with E-state index >= 15 is 0 Å². The van der Waals surface area contributed by atoms with E-state index in [-0.39, 0.29) is 17.1 Å². The molecule has 2 rings (SSSR count). The number of hydrogen-bond donors (Lipinski definition) is 0. The molecule has 1 aromatic carbocycles. The van der Waals surface area contributed by atoms with Gasteiger partial charge in [-0.3, -0.25) is 4.79 Å². The predicted octanol–water partition coefficient (Wildman–Crippen LogP) is 3.19. The topological polar surface area (TPSA) is 85.7 Å². The lowest BCUT2D eigenvalue weighted by atomic mass is 10.0. The van der Waals surface area contributed by atoms with Crippen LogP contribution in [0.4, 0.5) is 0 Å². The summed E-state index contributed by atoms with van der Waals surface area (Å²) in [7, 11) is -1.00. The van der Waals surface area contributed by atoms with E-state index in [1.165, 1.54) is 25.3 Å². The third kappa shape index (κ3) is 4.11. The minimum Gasteiger partial charge on any atom is -0.464 e. The fourth-order valence-electron chi connectivity index (χ4n) is 3.50. The highest BCUT2D eigenvalue weighted by Gasteiger charge is 2.35. The van der Waals surface area contributed by atoms with Crippen molar-refractivity contribution in [2.75, 3.05) is 13.7 Å². The van der Waals surface area contributed by atoms with Crippen molar-refractivity contribution < 1.29 is 22.7 Å². The van der Waals surface area contributed by atoms with Gasteiger partial charge in [0, 0.05) is 24.8 Å². The molecular formula is C22H28N2O5S. The second-order valence-electron chi connectivity index (χ2n) is 7.20. The summed E-state index contributed by atoms with van der Waals surface area (Å²) in [6.07, 6.45) is 1.44. The number of esters is 1. The Morgan fingerprint density at radius 3 is 2.27 bits per heavy atom. The molecular weight excluding hydrogens is 404 g/mol. The van der Waals surface area contributed by atoms with Crippen LogP contribution in [0.15, 0.2) is 41.8 Å². The molecule has 7 nitrogen and oxygen atoms in total. The Bertz CT molecular complexity index is 1080. The van der Waals surface area contributed by atoms with Crippen molar-refractivity contribution in [1.29, 1.82) is 0 Å². The van der Waals surface area contributed by atoms with E-state index in [9.17, 15) is 18.0 Å². The fraction of sp³-hybridized carbons (Fsp3) is 0.364. The normalized spacial score (nSPS) is 12.6. The molecule has 1 aromatic heterocycles. The van der Waals surface area contributed by atoms with Crippen LogP contribution in [-0.2, 0) is 21.8 Å². The largest absolute Gasteiger partial charge is 0.464 e. The zero-order valence-corrected chi connectivity index (χ0v) is 19.0. The Morgan fingerprint density at radius 2 is 1.77 bits per heavy atom. The molecule has 0 fully saturated rings. The summed E-state index contributed by atoms with van der Waals surface area (Å²) < 4.78 is 34.0. The molecule has 1 atom stereocenters. The molecule has 0 saturated heterocycles. The van der Waals surface area contributed by atoms with Crippen LogP contribution in [0.2, 0.25) is 0 Å². The molecule has 0 aliphatic carbocycles. The van der Waals surface area contributed by atoms with Gasteiger partial charge in [0.25, 0.3) is 0 Å². The molecule has 0 radical (unpaired) electrons. The molecule has 0 aliphatic rings. The number of hydrogen-bond acceptors (Lipinski definition) is 5. The third-order valence-corrected chi connectivity index (χ3v) is 7.25. The van der Waals surface area contributed by atoms with E-state index in [0.29, 0.717) is 16.8 Å². The Labute approximate surface area is 178 Å². The van der Waals surface area contributed by atoms with Crippen LogP contribution in [0.1, 0.15) is 44.6 Å². The molecule has 0 amide bonds. The van der Waals surface area contributed by atoms with Gasteiger partial charge in [0.1, 0.15) is 5.69 Å². The molecule has 0 aliphatic heterocycles. The minimum absolute atomic E-state index is 0.0299. The molecule has 0 bridgehead atoms. The van der Waals surface area contributed by atoms with Gasteiger partial charge < -0.3 is 9.30 Å². The first-order valence-electron chi connectivity index (χ1n) is 9.46. The summed E-state index contributed by atoms with van der Waals surface area (Å²) in [5.74, 6) is -0.951. The monoisotopic (exact) mass is 432 g/mol. The highest BCUT2D eigenvalue weighted by molar-refractivity contribution is 7.89. The van der Waals surface area contributed by atoms with Crippen LogP contribution in [0.25, 0.3) is 0 Å². The summed E-state index contributed by atoms with van der Waals surface area (Å²) in [5.41, 5.74) is 2.54. The molecule has 162 valence electrons. The van der Waals surface area contributed by atoms with Gasteiger partial charge in [0.15, 0.2) is 5.78 Å². The van der Waals surface area contributed by atoms with Gasteiger partial charge >= 0.3 is 5.97 Å². The number of methoxy groups -OCH3 is 1. The van der Waals surface area contributed by atoms with E-state index in [1.807, 2.05) is 6.92 Å². The van der Waals surface area contributed by atoms with Crippen molar-refractivity contribution >= 4 is 21.8 Å². The Morgan fingerprint density at radius 1 is 1.20 bits per heavy atom. The van der Waals surface area contributed by atoms with E-state index < -0.39 is 27.8 Å². The number of aromatic nitrogens is 1. The van der Waals surface area contributed by atoms with Crippen molar-refractivity contribution in [3.8, 4) is 0 Å². The Balaban J connectivity index is 2.54. The maximum atomic E-state index is 13.4. The molecule has 0 N–H and O–H groups in total. The number of aryl methyl sites for hydroxylation is 1. The molecule has 8 heteroatoms. The van der Waals surface area contributed by atoms with Gasteiger partial charge in [-0.2, -0.15) is 4.31 Å². The summed E-state index contributed by atoms with van der Waals surface area (Å²) in [4.78, 5) is 25.7. The number of nitrogens with zero attached hydrogens (tertiary/aromatic N) is 2. The van der Waals surface area contributed by atoms with Gasteiger partial charge in [-0.05, 0) is 45.4 Å². The third-order valence-electron chi connectivity index (χ3n) is 5.30. The van der Waals surface area contributed by atoms with Gasteiger partial charge in [0.2, 0.25) is 10.0 Å². The van der Waals surface area contributed by atoms with Gasteiger partial charge in [-0.25, -0.2) is 13.2 Å². The van der Waals surface area contributed by atoms with Gasteiger partial charge in [-0.1, -0.05) is 23.8 Å². The quantitative estimate of drug-likeness (QED) is 0.363.